The highest BCUT2D eigenvalue weighted by Gasteiger charge is 2.45. The van der Waals surface area contributed by atoms with Crippen molar-refractivity contribution < 1.29 is 9.53 Å². The van der Waals surface area contributed by atoms with Crippen molar-refractivity contribution in [2.75, 3.05) is 20.3 Å². The first-order valence-corrected chi connectivity index (χ1v) is 5.25. The number of amides is 1. The quantitative estimate of drug-likeness (QED) is 0.585. The van der Waals surface area contributed by atoms with Crippen molar-refractivity contribution in [3.63, 3.8) is 0 Å². The molecule has 1 aliphatic rings. The molecular formula is C10H20N2O2. The second-order valence-corrected chi connectivity index (χ2v) is 3.97. The van der Waals surface area contributed by atoms with Crippen molar-refractivity contribution >= 4 is 5.91 Å². The van der Waals surface area contributed by atoms with Crippen LogP contribution >= 0.6 is 0 Å². The van der Waals surface area contributed by atoms with E-state index in [1.54, 1.807) is 7.11 Å². The summed E-state index contributed by atoms with van der Waals surface area (Å²) in [5.41, 5.74) is 5.20. The van der Waals surface area contributed by atoms with Crippen molar-refractivity contribution in [1.82, 2.24) is 5.32 Å². The number of methoxy groups -OCH3 is 1. The summed E-state index contributed by atoms with van der Waals surface area (Å²) in [5, 5.41) is 2.86. The standard InChI is InChI=1S/C10H20N2O2/c1-14-8-4-2-3-7-12-9(13)10(11)5-6-10/h2-8,11H2,1H3,(H,12,13). The Morgan fingerprint density at radius 3 is 2.71 bits per heavy atom. The monoisotopic (exact) mass is 200 g/mol. The van der Waals surface area contributed by atoms with E-state index in [9.17, 15) is 4.79 Å². The number of rotatable bonds is 7. The maximum atomic E-state index is 11.4. The molecule has 0 bridgehead atoms. The van der Waals surface area contributed by atoms with Gasteiger partial charge in [-0.05, 0) is 32.1 Å². The zero-order chi connectivity index (χ0) is 10.4. The van der Waals surface area contributed by atoms with E-state index in [4.69, 9.17) is 10.5 Å². The van der Waals surface area contributed by atoms with Gasteiger partial charge in [0.25, 0.3) is 0 Å². The van der Waals surface area contributed by atoms with E-state index in [-0.39, 0.29) is 5.91 Å². The highest BCUT2D eigenvalue weighted by Crippen LogP contribution is 2.31. The average Bonchev–Trinajstić information content (AvgIpc) is 2.91. The molecule has 0 aromatic carbocycles. The molecule has 1 fully saturated rings. The molecule has 0 spiro atoms. The summed E-state index contributed by atoms with van der Waals surface area (Å²) in [7, 11) is 1.70. The minimum absolute atomic E-state index is 0.0178. The molecule has 4 heteroatoms. The van der Waals surface area contributed by atoms with Crippen molar-refractivity contribution in [3.05, 3.63) is 0 Å². The zero-order valence-corrected chi connectivity index (χ0v) is 8.84. The molecule has 1 amide bonds. The van der Waals surface area contributed by atoms with Crippen LogP contribution in [-0.4, -0.2) is 31.7 Å². The van der Waals surface area contributed by atoms with Crippen molar-refractivity contribution in [3.8, 4) is 0 Å². The van der Waals surface area contributed by atoms with Gasteiger partial charge in [0.15, 0.2) is 0 Å². The topological polar surface area (TPSA) is 64.3 Å². The maximum absolute atomic E-state index is 11.4. The molecule has 0 unspecified atom stereocenters. The predicted octanol–water partition coefficient (Wildman–Crippen LogP) is 0.411. The molecule has 1 rings (SSSR count). The number of carbonyl (C=O) groups excluding carboxylic acids is 1. The third kappa shape index (κ3) is 3.64. The first-order valence-electron chi connectivity index (χ1n) is 5.25. The van der Waals surface area contributed by atoms with Crippen LogP contribution in [0.15, 0.2) is 0 Å². The highest BCUT2D eigenvalue weighted by molar-refractivity contribution is 5.88. The number of nitrogens with two attached hydrogens (primary N) is 1. The van der Waals surface area contributed by atoms with Gasteiger partial charge in [-0.25, -0.2) is 0 Å². The van der Waals surface area contributed by atoms with Gasteiger partial charge >= 0.3 is 0 Å². The fraction of sp³-hybridized carbons (Fsp3) is 0.900. The van der Waals surface area contributed by atoms with Gasteiger partial charge in [0.1, 0.15) is 0 Å². The summed E-state index contributed by atoms with van der Waals surface area (Å²) in [4.78, 5) is 11.4. The molecule has 0 aromatic heterocycles. The Morgan fingerprint density at radius 1 is 1.43 bits per heavy atom. The van der Waals surface area contributed by atoms with Crippen LogP contribution < -0.4 is 11.1 Å². The van der Waals surface area contributed by atoms with Gasteiger partial charge in [-0.3, -0.25) is 4.79 Å². The van der Waals surface area contributed by atoms with Gasteiger partial charge in [0, 0.05) is 20.3 Å². The Morgan fingerprint density at radius 2 is 2.14 bits per heavy atom. The molecule has 82 valence electrons. The molecule has 1 aliphatic carbocycles. The van der Waals surface area contributed by atoms with Gasteiger partial charge in [-0.2, -0.15) is 0 Å². The van der Waals surface area contributed by atoms with Crippen molar-refractivity contribution in [1.29, 1.82) is 0 Å². The molecule has 4 nitrogen and oxygen atoms in total. The third-order valence-corrected chi connectivity index (χ3v) is 2.55. The van der Waals surface area contributed by atoms with Gasteiger partial charge < -0.3 is 15.8 Å². The summed E-state index contributed by atoms with van der Waals surface area (Å²) in [5.74, 6) is 0.0178. The second kappa shape index (κ2) is 5.32. The zero-order valence-electron chi connectivity index (χ0n) is 8.84. The average molecular weight is 200 g/mol. The normalized spacial score (nSPS) is 17.9. The van der Waals surface area contributed by atoms with E-state index < -0.39 is 5.54 Å². The van der Waals surface area contributed by atoms with Crippen LogP contribution in [0.25, 0.3) is 0 Å². The molecule has 0 aliphatic heterocycles. The number of hydrogen-bond donors (Lipinski definition) is 2. The first kappa shape index (κ1) is 11.5. The molecule has 3 N–H and O–H groups in total. The van der Waals surface area contributed by atoms with E-state index in [2.05, 4.69) is 5.32 Å². The highest BCUT2D eigenvalue weighted by atomic mass is 16.5. The molecular weight excluding hydrogens is 180 g/mol. The van der Waals surface area contributed by atoms with Crippen molar-refractivity contribution in [2.24, 2.45) is 5.73 Å². The second-order valence-electron chi connectivity index (χ2n) is 3.97. The molecule has 1 saturated carbocycles. The lowest BCUT2D eigenvalue weighted by Crippen LogP contribution is -2.42. The number of nitrogens with one attached hydrogen (secondary N) is 1. The van der Waals surface area contributed by atoms with Gasteiger partial charge in [0.05, 0.1) is 5.54 Å². The minimum atomic E-state index is -0.521. The van der Waals surface area contributed by atoms with Crippen LogP contribution in [0.5, 0.6) is 0 Å². The third-order valence-electron chi connectivity index (χ3n) is 2.55. The van der Waals surface area contributed by atoms with Crippen LogP contribution in [0, 0.1) is 0 Å². The van der Waals surface area contributed by atoms with Crippen LogP contribution in [-0.2, 0) is 9.53 Å². The Hall–Kier alpha value is -0.610. The largest absolute Gasteiger partial charge is 0.385 e. The van der Waals surface area contributed by atoms with Crippen molar-refractivity contribution in [2.45, 2.75) is 37.6 Å². The van der Waals surface area contributed by atoms with Crippen LogP contribution in [0.1, 0.15) is 32.1 Å². The molecule has 14 heavy (non-hydrogen) atoms. The van der Waals surface area contributed by atoms with E-state index >= 15 is 0 Å². The molecule has 0 aromatic rings. The predicted molar refractivity (Wildman–Crippen MR) is 54.9 cm³/mol. The fourth-order valence-corrected chi connectivity index (χ4v) is 1.29. The summed E-state index contributed by atoms with van der Waals surface area (Å²) >= 11 is 0. The molecule has 0 radical (unpaired) electrons. The van der Waals surface area contributed by atoms with E-state index in [1.807, 2.05) is 0 Å². The van der Waals surface area contributed by atoms with Crippen LogP contribution in [0.3, 0.4) is 0 Å². The van der Waals surface area contributed by atoms with Gasteiger partial charge in [-0.15, -0.1) is 0 Å². The molecule has 0 saturated heterocycles. The van der Waals surface area contributed by atoms with E-state index in [0.29, 0.717) is 0 Å². The summed E-state index contributed by atoms with van der Waals surface area (Å²) in [6.07, 6.45) is 4.82. The minimum Gasteiger partial charge on any atom is -0.385 e. The number of hydrogen-bond acceptors (Lipinski definition) is 3. The molecule has 0 atom stereocenters. The Kier molecular flexibility index (Phi) is 4.35. The molecule has 0 heterocycles. The van der Waals surface area contributed by atoms with Crippen LogP contribution in [0.2, 0.25) is 0 Å². The number of ether oxygens (including phenoxy) is 1. The SMILES string of the molecule is COCCCCCNC(=O)C1(N)CC1. The van der Waals surface area contributed by atoms with E-state index in [0.717, 1.165) is 45.3 Å². The van der Waals surface area contributed by atoms with E-state index in [1.165, 1.54) is 0 Å². The lowest BCUT2D eigenvalue weighted by molar-refractivity contribution is -0.123. The maximum Gasteiger partial charge on any atom is 0.240 e. The lowest BCUT2D eigenvalue weighted by Gasteiger charge is -2.09. The summed E-state index contributed by atoms with van der Waals surface area (Å²) in [6.45, 7) is 1.54. The summed E-state index contributed by atoms with van der Waals surface area (Å²) in [6, 6.07) is 0. The number of carbonyl (C=O) groups is 1. The number of unbranched alkanes of at least 4 members (excludes halogenated alkanes) is 2. The Bertz CT molecular complexity index is 191. The van der Waals surface area contributed by atoms with Crippen LogP contribution in [0.4, 0.5) is 0 Å². The Labute approximate surface area is 85.2 Å². The smallest absolute Gasteiger partial charge is 0.240 e. The van der Waals surface area contributed by atoms with Gasteiger partial charge in [0.2, 0.25) is 5.91 Å². The van der Waals surface area contributed by atoms with Gasteiger partial charge in [-0.1, -0.05) is 0 Å². The fourth-order valence-electron chi connectivity index (χ4n) is 1.29. The summed E-state index contributed by atoms with van der Waals surface area (Å²) < 4.78 is 4.93. The first-order chi connectivity index (χ1) is 6.69. The lowest BCUT2D eigenvalue weighted by atomic mass is 10.2. The Balaban J connectivity index is 1.91.